The summed E-state index contributed by atoms with van der Waals surface area (Å²) in [6, 6.07) is 1.87. The largest absolute Gasteiger partial charge is 1.00 e. The van der Waals surface area contributed by atoms with Crippen molar-refractivity contribution in [2.24, 2.45) is 0 Å². The lowest BCUT2D eigenvalue weighted by molar-refractivity contribution is -0.692. The van der Waals surface area contributed by atoms with E-state index in [0.29, 0.717) is 26.2 Å². The van der Waals surface area contributed by atoms with Crippen LogP contribution in [0.15, 0.2) is 35.5 Å². The van der Waals surface area contributed by atoms with Crippen molar-refractivity contribution in [3.63, 3.8) is 0 Å². The molecule has 0 amide bonds. The van der Waals surface area contributed by atoms with Gasteiger partial charge in [-0.2, -0.15) is 4.57 Å². The first-order valence-corrected chi connectivity index (χ1v) is 20.1. The molecule has 2 aromatic rings. The van der Waals surface area contributed by atoms with Crippen molar-refractivity contribution >= 4 is 21.2 Å². The van der Waals surface area contributed by atoms with E-state index in [0.717, 1.165) is 25.8 Å². The molecular weight excluding hydrogens is 630 g/mol. The van der Waals surface area contributed by atoms with Crippen LogP contribution in [0, 0.1) is 0 Å². The number of nitrogens with zero attached hydrogens (tertiary/aromatic N) is 3. The fraction of sp³-hybridized carbons (Fsp3) is 0.794. The lowest BCUT2D eigenvalue weighted by atomic mass is 10.0. The summed E-state index contributed by atoms with van der Waals surface area (Å²) < 4.78 is 45.1. The number of rotatable bonds is 31. The molecule has 2 heterocycles. The topological polar surface area (TPSA) is 91.5 Å². The van der Waals surface area contributed by atoms with Gasteiger partial charge in [-0.05, 0) is 18.9 Å². The van der Waals surface area contributed by atoms with Crippen LogP contribution >= 0.6 is 11.3 Å². The number of aromatic nitrogens is 3. The Hall–Kier alpha value is -1.33. The summed E-state index contributed by atoms with van der Waals surface area (Å²) in [6.07, 6.45) is 27.2. The molecule has 0 spiro atoms. The lowest BCUT2D eigenvalue weighted by Gasteiger charge is -2.18. The smallest absolute Gasteiger partial charge is 0.316 e. The molecule has 0 aromatic carbocycles. The standard InChI is InChI=1S/C34H60N3O5S2.ClH/c1-2-3-4-5-6-7-8-9-10-11-12-13-14-15-16-17-25-41-30-33(42-34-35-21-18-22-36-34)31-44(38,39)29-20-27-40-26-19-23-37-24-28-43-32-37;/h18,21-22,24,28,32-33H,2-17,19-20,23,25-27,29-31H2,1H3;1H/q+1;/p-1. The summed E-state index contributed by atoms with van der Waals surface area (Å²) in [5, 5.41) is 2.04. The van der Waals surface area contributed by atoms with Crippen molar-refractivity contribution in [1.29, 1.82) is 0 Å². The van der Waals surface area contributed by atoms with Gasteiger partial charge in [0, 0.05) is 32.0 Å². The van der Waals surface area contributed by atoms with Crippen LogP contribution in [-0.2, 0) is 25.9 Å². The predicted octanol–water partition coefficient (Wildman–Crippen LogP) is 4.77. The molecular formula is C34H60ClN3O5S2. The van der Waals surface area contributed by atoms with Gasteiger partial charge in [-0.25, -0.2) is 18.4 Å². The van der Waals surface area contributed by atoms with E-state index in [4.69, 9.17) is 14.2 Å². The number of sulfone groups is 1. The minimum absolute atomic E-state index is 0. The lowest BCUT2D eigenvalue weighted by Crippen LogP contribution is -3.00. The highest BCUT2D eigenvalue weighted by Crippen LogP contribution is 2.14. The molecule has 0 aliphatic rings. The van der Waals surface area contributed by atoms with Gasteiger partial charge >= 0.3 is 6.01 Å². The summed E-state index contributed by atoms with van der Waals surface area (Å²) in [4.78, 5) is 8.19. The van der Waals surface area contributed by atoms with Gasteiger partial charge in [-0.15, -0.1) is 0 Å². The molecule has 0 aliphatic carbocycles. The predicted molar refractivity (Wildman–Crippen MR) is 180 cm³/mol. The number of unbranched alkanes of at least 4 members (excludes halogenated alkanes) is 15. The summed E-state index contributed by atoms with van der Waals surface area (Å²) in [5.41, 5.74) is 2.07. The van der Waals surface area contributed by atoms with Gasteiger partial charge in [0.05, 0.1) is 30.1 Å². The Morgan fingerprint density at radius 1 is 0.756 bits per heavy atom. The van der Waals surface area contributed by atoms with Gasteiger partial charge in [-0.3, -0.25) is 0 Å². The Morgan fingerprint density at radius 2 is 1.31 bits per heavy atom. The highest BCUT2D eigenvalue weighted by molar-refractivity contribution is 7.91. The second-order valence-electron chi connectivity index (χ2n) is 11.8. The summed E-state index contributed by atoms with van der Waals surface area (Å²) >= 11 is 1.66. The molecule has 45 heavy (non-hydrogen) atoms. The van der Waals surface area contributed by atoms with Gasteiger partial charge in [-0.1, -0.05) is 115 Å². The van der Waals surface area contributed by atoms with E-state index in [9.17, 15) is 8.42 Å². The van der Waals surface area contributed by atoms with Crippen molar-refractivity contribution < 1.29 is 39.6 Å². The van der Waals surface area contributed by atoms with Gasteiger partial charge in [0.15, 0.2) is 22.6 Å². The molecule has 2 aromatic heterocycles. The Kier molecular flexibility index (Phi) is 26.7. The first kappa shape index (κ1) is 41.7. The van der Waals surface area contributed by atoms with Crippen LogP contribution in [0.3, 0.4) is 0 Å². The van der Waals surface area contributed by atoms with E-state index < -0.39 is 15.9 Å². The molecule has 2 rings (SSSR count). The first-order chi connectivity index (χ1) is 21.6. The van der Waals surface area contributed by atoms with Gasteiger partial charge in [0.25, 0.3) is 0 Å². The molecule has 0 aliphatic heterocycles. The van der Waals surface area contributed by atoms with Crippen LogP contribution in [0.25, 0.3) is 0 Å². The van der Waals surface area contributed by atoms with Crippen molar-refractivity contribution in [3.8, 4) is 6.01 Å². The minimum Gasteiger partial charge on any atom is -1.00 e. The average molecular weight is 690 g/mol. The monoisotopic (exact) mass is 689 g/mol. The third kappa shape index (κ3) is 24.5. The van der Waals surface area contributed by atoms with E-state index in [1.165, 1.54) is 89.9 Å². The maximum absolute atomic E-state index is 12.8. The molecule has 0 bridgehead atoms. The molecule has 0 saturated carbocycles. The van der Waals surface area contributed by atoms with Crippen molar-refractivity contribution in [2.45, 2.75) is 135 Å². The SMILES string of the molecule is CCCCCCCCCCCCCCCCCCOCC(CS(=O)(=O)CCCOCCC[n+]1ccsc1)Oc1ncccn1.[Cl-]. The number of thiazole rings is 1. The third-order valence-corrected chi connectivity index (χ3v) is 10.1. The van der Waals surface area contributed by atoms with Crippen molar-refractivity contribution in [3.05, 3.63) is 35.5 Å². The number of halogens is 1. The Bertz CT molecular complexity index is 1000. The number of hydrogen-bond acceptors (Lipinski definition) is 8. The molecule has 1 atom stereocenters. The molecule has 8 nitrogen and oxygen atoms in total. The summed E-state index contributed by atoms with van der Waals surface area (Å²) in [6.45, 7) is 5.03. The second kappa shape index (κ2) is 28.9. The van der Waals surface area contributed by atoms with E-state index >= 15 is 0 Å². The van der Waals surface area contributed by atoms with E-state index in [-0.39, 0.29) is 36.5 Å². The molecule has 0 fully saturated rings. The van der Waals surface area contributed by atoms with Crippen LogP contribution in [0.4, 0.5) is 0 Å². The maximum Gasteiger partial charge on any atom is 0.316 e. The zero-order valence-electron chi connectivity index (χ0n) is 27.8. The molecule has 0 N–H and O–H groups in total. The fourth-order valence-corrected chi connectivity index (χ4v) is 7.25. The molecule has 11 heteroatoms. The quantitative estimate of drug-likeness (QED) is 0.0833. The maximum atomic E-state index is 12.8. The molecule has 0 radical (unpaired) electrons. The molecule has 1 unspecified atom stereocenters. The van der Waals surface area contributed by atoms with Crippen LogP contribution < -0.4 is 21.7 Å². The Morgan fingerprint density at radius 3 is 1.89 bits per heavy atom. The average Bonchev–Trinajstić information content (AvgIpc) is 3.54. The van der Waals surface area contributed by atoms with Crippen molar-refractivity contribution in [2.75, 3.05) is 37.9 Å². The summed E-state index contributed by atoms with van der Waals surface area (Å²) in [7, 11) is -3.35. The number of aryl methyl sites for hydroxylation is 1. The normalized spacial score (nSPS) is 12.2. The Labute approximate surface area is 284 Å². The van der Waals surface area contributed by atoms with Crippen LogP contribution in [0.2, 0.25) is 0 Å². The highest BCUT2D eigenvalue weighted by atomic mass is 35.5. The third-order valence-electron chi connectivity index (χ3n) is 7.68. The van der Waals surface area contributed by atoms with Crippen molar-refractivity contribution in [1.82, 2.24) is 9.97 Å². The zero-order chi connectivity index (χ0) is 31.4. The molecule has 0 saturated heterocycles. The van der Waals surface area contributed by atoms with Gasteiger partial charge in [0.1, 0.15) is 6.10 Å². The van der Waals surface area contributed by atoms with E-state index in [1.54, 1.807) is 29.8 Å². The van der Waals surface area contributed by atoms with Crippen LogP contribution in [-0.4, -0.2) is 62.4 Å². The minimum atomic E-state index is -3.35. The van der Waals surface area contributed by atoms with E-state index in [2.05, 4.69) is 27.0 Å². The van der Waals surface area contributed by atoms with Gasteiger partial charge in [0.2, 0.25) is 5.51 Å². The molecule has 260 valence electrons. The highest BCUT2D eigenvalue weighted by Gasteiger charge is 2.22. The first-order valence-electron chi connectivity index (χ1n) is 17.3. The zero-order valence-corrected chi connectivity index (χ0v) is 30.2. The van der Waals surface area contributed by atoms with Crippen LogP contribution in [0.5, 0.6) is 6.01 Å². The summed E-state index contributed by atoms with van der Waals surface area (Å²) in [5.74, 6) is -0.0695. The second-order valence-corrected chi connectivity index (χ2v) is 14.8. The fourth-order valence-electron chi connectivity index (χ4n) is 5.17. The van der Waals surface area contributed by atoms with Crippen LogP contribution in [0.1, 0.15) is 122 Å². The number of hydrogen-bond donors (Lipinski definition) is 0. The van der Waals surface area contributed by atoms with Gasteiger partial charge < -0.3 is 26.6 Å². The van der Waals surface area contributed by atoms with E-state index in [1.807, 2.05) is 11.6 Å². The number of ether oxygens (including phenoxy) is 3. The Balaban J connectivity index is 0.0000101.